The van der Waals surface area contributed by atoms with Gasteiger partial charge in [-0.25, -0.2) is 4.79 Å². The lowest BCUT2D eigenvalue weighted by Crippen LogP contribution is -2.29. The Labute approximate surface area is 109 Å². The lowest BCUT2D eigenvalue weighted by atomic mass is 10.2. The number of esters is 1. The van der Waals surface area contributed by atoms with Crippen LogP contribution in [-0.4, -0.2) is 35.2 Å². The molecule has 0 spiro atoms. The Balaban J connectivity index is 2.01. The van der Waals surface area contributed by atoms with Crippen molar-refractivity contribution in [3.63, 3.8) is 0 Å². The number of benzene rings is 1. The van der Waals surface area contributed by atoms with Crippen molar-refractivity contribution in [3.8, 4) is 12.3 Å². The fourth-order valence-electron chi connectivity index (χ4n) is 1.52. The third-order valence-corrected chi connectivity index (χ3v) is 2.39. The van der Waals surface area contributed by atoms with Crippen molar-refractivity contribution in [3.05, 3.63) is 30.0 Å². The standard InChI is InChI=1S/C13H11N3O3/c1-2-7-14-11(17)8-19-13(18)12-9-5-3-4-6-10(9)15-16-12/h1,3-6H,7-8H2,(H,14,17)(H,15,16). The predicted octanol–water partition coefficient (Wildman–Crippen LogP) is 0.469. The average molecular weight is 257 g/mol. The van der Waals surface area contributed by atoms with Crippen molar-refractivity contribution < 1.29 is 14.3 Å². The Morgan fingerprint density at radius 2 is 2.21 bits per heavy atom. The molecule has 1 aromatic heterocycles. The predicted molar refractivity (Wildman–Crippen MR) is 68.2 cm³/mol. The summed E-state index contributed by atoms with van der Waals surface area (Å²) in [5.74, 6) is 1.14. The third-order valence-electron chi connectivity index (χ3n) is 2.39. The van der Waals surface area contributed by atoms with E-state index in [0.717, 1.165) is 5.52 Å². The molecule has 0 fully saturated rings. The van der Waals surface area contributed by atoms with Gasteiger partial charge in [0.05, 0.1) is 12.1 Å². The number of amides is 1. The van der Waals surface area contributed by atoms with Crippen LogP contribution in [0.2, 0.25) is 0 Å². The second kappa shape index (κ2) is 5.69. The van der Waals surface area contributed by atoms with Gasteiger partial charge in [-0.3, -0.25) is 9.89 Å². The molecule has 6 heteroatoms. The van der Waals surface area contributed by atoms with E-state index >= 15 is 0 Å². The molecule has 0 saturated carbocycles. The molecule has 0 atom stereocenters. The first-order chi connectivity index (χ1) is 9.22. The highest BCUT2D eigenvalue weighted by Crippen LogP contribution is 2.15. The molecule has 0 saturated heterocycles. The summed E-state index contributed by atoms with van der Waals surface area (Å²) in [7, 11) is 0. The number of terminal acetylenes is 1. The van der Waals surface area contributed by atoms with Gasteiger partial charge in [0.1, 0.15) is 0 Å². The van der Waals surface area contributed by atoms with E-state index in [1.54, 1.807) is 18.2 Å². The first-order valence-electron chi connectivity index (χ1n) is 5.52. The average Bonchev–Trinajstić information content (AvgIpc) is 2.86. The molecule has 2 aromatic rings. The van der Waals surface area contributed by atoms with Gasteiger partial charge in [-0.05, 0) is 6.07 Å². The second-order valence-electron chi connectivity index (χ2n) is 3.67. The van der Waals surface area contributed by atoms with Crippen LogP contribution in [0.3, 0.4) is 0 Å². The van der Waals surface area contributed by atoms with E-state index in [2.05, 4.69) is 21.4 Å². The molecule has 0 aliphatic rings. The minimum atomic E-state index is -0.659. The van der Waals surface area contributed by atoms with E-state index in [9.17, 15) is 9.59 Å². The lowest BCUT2D eigenvalue weighted by molar-refractivity contribution is -0.123. The summed E-state index contributed by atoms with van der Waals surface area (Å²) in [6, 6.07) is 7.14. The summed E-state index contributed by atoms with van der Waals surface area (Å²) in [6.07, 6.45) is 4.99. The smallest absolute Gasteiger partial charge is 0.359 e. The van der Waals surface area contributed by atoms with Gasteiger partial charge in [0, 0.05) is 5.39 Å². The molecular weight excluding hydrogens is 246 g/mol. The highest BCUT2D eigenvalue weighted by atomic mass is 16.5. The maximum Gasteiger partial charge on any atom is 0.359 e. The topological polar surface area (TPSA) is 84.1 Å². The molecule has 0 radical (unpaired) electrons. The van der Waals surface area contributed by atoms with E-state index in [1.165, 1.54) is 0 Å². The van der Waals surface area contributed by atoms with Crippen LogP contribution in [-0.2, 0) is 9.53 Å². The van der Waals surface area contributed by atoms with E-state index in [-0.39, 0.29) is 18.8 Å². The van der Waals surface area contributed by atoms with Crippen molar-refractivity contribution in [2.75, 3.05) is 13.2 Å². The normalized spacial score (nSPS) is 9.84. The number of aromatic nitrogens is 2. The molecule has 0 aliphatic heterocycles. The molecule has 2 rings (SSSR count). The highest BCUT2D eigenvalue weighted by molar-refractivity contribution is 6.02. The number of nitrogens with one attached hydrogen (secondary N) is 2. The fraction of sp³-hybridized carbons (Fsp3) is 0.154. The van der Waals surface area contributed by atoms with Crippen molar-refractivity contribution in [2.45, 2.75) is 0 Å². The molecule has 0 unspecified atom stereocenters. The van der Waals surface area contributed by atoms with Crippen LogP contribution in [0.1, 0.15) is 10.5 Å². The molecular formula is C13H11N3O3. The Hall–Kier alpha value is -2.81. The number of nitrogens with zero attached hydrogens (tertiary/aromatic N) is 1. The monoisotopic (exact) mass is 257 g/mol. The minimum Gasteiger partial charge on any atom is -0.451 e. The number of H-pyrrole nitrogens is 1. The number of aromatic amines is 1. The third kappa shape index (κ3) is 2.90. The number of rotatable bonds is 4. The maximum absolute atomic E-state index is 11.8. The zero-order valence-electron chi connectivity index (χ0n) is 9.97. The van der Waals surface area contributed by atoms with Crippen LogP contribution >= 0.6 is 0 Å². The largest absolute Gasteiger partial charge is 0.451 e. The quantitative estimate of drug-likeness (QED) is 0.616. The summed E-state index contributed by atoms with van der Waals surface area (Å²) >= 11 is 0. The van der Waals surface area contributed by atoms with Gasteiger partial charge in [-0.1, -0.05) is 24.1 Å². The summed E-state index contributed by atoms with van der Waals surface area (Å²) in [4.78, 5) is 23.0. The van der Waals surface area contributed by atoms with Gasteiger partial charge in [-0.15, -0.1) is 6.42 Å². The van der Waals surface area contributed by atoms with Crippen LogP contribution in [0.5, 0.6) is 0 Å². The Morgan fingerprint density at radius 1 is 1.42 bits per heavy atom. The van der Waals surface area contributed by atoms with Crippen LogP contribution in [0.25, 0.3) is 10.9 Å². The number of carbonyl (C=O) groups excluding carboxylic acids is 2. The zero-order valence-corrected chi connectivity index (χ0v) is 9.97. The summed E-state index contributed by atoms with van der Waals surface area (Å²) < 4.78 is 4.85. The summed E-state index contributed by atoms with van der Waals surface area (Å²) in [5, 5.41) is 9.62. The van der Waals surface area contributed by atoms with Crippen LogP contribution in [0.15, 0.2) is 24.3 Å². The van der Waals surface area contributed by atoms with Gasteiger partial charge >= 0.3 is 5.97 Å². The molecule has 19 heavy (non-hydrogen) atoms. The number of carbonyl (C=O) groups is 2. The second-order valence-corrected chi connectivity index (χ2v) is 3.67. The van der Waals surface area contributed by atoms with Gasteiger partial charge in [-0.2, -0.15) is 5.10 Å². The minimum absolute atomic E-state index is 0.0989. The Kier molecular flexibility index (Phi) is 3.78. The van der Waals surface area contributed by atoms with Crippen LogP contribution < -0.4 is 5.32 Å². The van der Waals surface area contributed by atoms with Crippen molar-refractivity contribution in [1.82, 2.24) is 15.5 Å². The number of ether oxygens (including phenoxy) is 1. The summed E-state index contributed by atoms with van der Waals surface area (Å²) in [5.41, 5.74) is 0.881. The van der Waals surface area contributed by atoms with Gasteiger partial charge < -0.3 is 10.1 Å². The molecule has 96 valence electrons. The molecule has 0 aliphatic carbocycles. The number of fused-ring (bicyclic) bond motifs is 1. The molecule has 6 nitrogen and oxygen atoms in total. The number of hydrogen-bond acceptors (Lipinski definition) is 4. The first kappa shape index (κ1) is 12.6. The zero-order chi connectivity index (χ0) is 13.7. The van der Waals surface area contributed by atoms with Gasteiger partial charge in [0.25, 0.3) is 5.91 Å². The van der Waals surface area contributed by atoms with E-state index in [4.69, 9.17) is 11.2 Å². The van der Waals surface area contributed by atoms with Crippen LogP contribution in [0.4, 0.5) is 0 Å². The fourth-order valence-corrected chi connectivity index (χ4v) is 1.52. The first-order valence-corrected chi connectivity index (χ1v) is 5.52. The van der Waals surface area contributed by atoms with Crippen molar-refractivity contribution >= 4 is 22.8 Å². The number of hydrogen-bond donors (Lipinski definition) is 2. The van der Waals surface area contributed by atoms with E-state index < -0.39 is 11.9 Å². The van der Waals surface area contributed by atoms with Gasteiger partial charge in [0.2, 0.25) is 0 Å². The van der Waals surface area contributed by atoms with Gasteiger partial charge in [0.15, 0.2) is 12.3 Å². The van der Waals surface area contributed by atoms with Crippen molar-refractivity contribution in [2.24, 2.45) is 0 Å². The maximum atomic E-state index is 11.8. The molecule has 2 N–H and O–H groups in total. The molecule has 1 amide bonds. The molecule has 1 heterocycles. The lowest BCUT2D eigenvalue weighted by Gasteiger charge is -2.02. The Bertz CT molecular complexity index is 654. The SMILES string of the molecule is C#CCNC(=O)COC(=O)c1n[nH]c2ccccc12. The van der Waals surface area contributed by atoms with Crippen LogP contribution in [0, 0.1) is 12.3 Å². The highest BCUT2D eigenvalue weighted by Gasteiger charge is 2.16. The molecule has 1 aromatic carbocycles. The van der Waals surface area contributed by atoms with E-state index in [1.807, 2.05) is 6.07 Å². The number of para-hydroxylation sites is 1. The van der Waals surface area contributed by atoms with Crippen molar-refractivity contribution in [1.29, 1.82) is 0 Å². The Morgan fingerprint density at radius 3 is 3.00 bits per heavy atom. The molecule has 0 bridgehead atoms. The van der Waals surface area contributed by atoms with E-state index in [0.29, 0.717) is 5.39 Å². The summed E-state index contributed by atoms with van der Waals surface area (Å²) in [6.45, 7) is -0.288.